The summed E-state index contributed by atoms with van der Waals surface area (Å²) < 4.78 is 30.1. The number of halogens is 2. The van der Waals surface area contributed by atoms with Crippen LogP contribution in [-0.4, -0.2) is 25.5 Å². The molecule has 0 aliphatic rings. The van der Waals surface area contributed by atoms with Crippen LogP contribution in [0.2, 0.25) is 6.04 Å². The molecule has 0 bridgehead atoms. The number of hydrogen-bond donors (Lipinski definition) is 2. The summed E-state index contributed by atoms with van der Waals surface area (Å²) in [7, 11) is -2.32. The van der Waals surface area contributed by atoms with Gasteiger partial charge in [0.2, 0.25) is 0 Å². The zero-order chi connectivity index (χ0) is 12.2. The van der Waals surface area contributed by atoms with Crippen molar-refractivity contribution in [1.82, 2.24) is 0 Å². The maximum Gasteiger partial charge on any atom is 0.495 e. The SMILES string of the molecule is CO[Si](O)(O)CCCc1cc(F)cc(F)c1. The van der Waals surface area contributed by atoms with Crippen LogP contribution in [-0.2, 0) is 10.8 Å². The number of benzene rings is 1. The second-order valence-electron chi connectivity index (χ2n) is 3.58. The van der Waals surface area contributed by atoms with Crippen molar-refractivity contribution in [2.45, 2.75) is 18.9 Å². The Morgan fingerprint density at radius 1 is 1.19 bits per heavy atom. The van der Waals surface area contributed by atoms with Gasteiger partial charge in [0.25, 0.3) is 0 Å². The van der Waals surface area contributed by atoms with Crippen LogP contribution in [0, 0.1) is 11.6 Å². The summed E-state index contributed by atoms with van der Waals surface area (Å²) >= 11 is 0. The quantitative estimate of drug-likeness (QED) is 0.776. The van der Waals surface area contributed by atoms with E-state index in [2.05, 4.69) is 4.43 Å². The minimum absolute atomic E-state index is 0.113. The molecule has 0 aliphatic heterocycles. The van der Waals surface area contributed by atoms with Gasteiger partial charge in [0, 0.05) is 19.2 Å². The Kier molecular flexibility index (Phi) is 4.54. The van der Waals surface area contributed by atoms with Crippen LogP contribution in [0.15, 0.2) is 18.2 Å². The fourth-order valence-electron chi connectivity index (χ4n) is 1.38. The van der Waals surface area contributed by atoms with E-state index >= 15 is 0 Å². The molecule has 0 aliphatic carbocycles. The molecule has 16 heavy (non-hydrogen) atoms. The normalized spacial score (nSPS) is 11.8. The summed E-state index contributed by atoms with van der Waals surface area (Å²) in [6.07, 6.45) is 0.796. The lowest BCUT2D eigenvalue weighted by Gasteiger charge is -2.14. The molecular formula is C10H14F2O3Si. The van der Waals surface area contributed by atoms with Crippen molar-refractivity contribution < 1.29 is 22.8 Å². The van der Waals surface area contributed by atoms with Gasteiger partial charge in [-0.2, -0.15) is 0 Å². The molecule has 0 saturated heterocycles. The summed E-state index contributed by atoms with van der Waals surface area (Å²) in [6, 6.07) is 3.37. The molecule has 1 aromatic rings. The first-order valence-corrected chi connectivity index (χ1v) is 6.89. The highest BCUT2D eigenvalue weighted by atomic mass is 28.4. The van der Waals surface area contributed by atoms with Crippen molar-refractivity contribution in [3.8, 4) is 0 Å². The molecule has 0 radical (unpaired) electrons. The minimum Gasteiger partial charge on any atom is -0.390 e. The third-order valence-electron chi connectivity index (χ3n) is 2.22. The first-order chi connectivity index (χ1) is 7.43. The molecule has 0 aromatic heterocycles. The zero-order valence-electron chi connectivity index (χ0n) is 8.91. The summed E-state index contributed by atoms with van der Waals surface area (Å²) in [5, 5.41) is 0. The van der Waals surface area contributed by atoms with Crippen molar-refractivity contribution in [1.29, 1.82) is 0 Å². The van der Waals surface area contributed by atoms with Gasteiger partial charge in [-0.15, -0.1) is 0 Å². The third kappa shape index (κ3) is 4.36. The lowest BCUT2D eigenvalue weighted by atomic mass is 10.1. The molecule has 0 heterocycles. The highest BCUT2D eigenvalue weighted by Crippen LogP contribution is 2.13. The summed E-state index contributed by atoms with van der Waals surface area (Å²) in [5.41, 5.74) is 0.499. The average molecular weight is 248 g/mol. The molecule has 0 saturated carbocycles. The molecule has 6 heteroatoms. The highest BCUT2D eigenvalue weighted by Gasteiger charge is 2.29. The highest BCUT2D eigenvalue weighted by molar-refractivity contribution is 6.57. The Morgan fingerprint density at radius 3 is 2.25 bits per heavy atom. The van der Waals surface area contributed by atoms with Crippen LogP contribution in [0.25, 0.3) is 0 Å². The average Bonchev–Trinajstić information content (AvgIpc) is 2.16. The van der Waals surface area contributed by atoms with Gasteiger partial charge in [0.05, 0.1) is 0 Å². The van der Waals surface area contributed by atoms with Crippen LogP contribution >= 0.6 is 0 Å². The van der Waals surface area contributed by atoms with E-state index in [4.69, 9.17) is 0 Å². The monoisotopic (exact) mass is 248 g/mol. The largest absolute Gasteiger partial charge is 0.495 e. The van der Waals surface area contributed by atoms with Crippen molar-refractivity contribution in [3.05, 3.63) is 35.4 Å². The Morgan fingerprint density at radius 2 is 1.75 bits per heavy atom. The topological polar surface area (TPSA) is 49.7 Å². The van der Waals surface area contributed by atoms with Crippen LogP contribution in [0.5, 0.6) is 0 Å². The molecule has 2 N–H and O–H groups in total. The van der Waals surface area contributed by atoms with Crippen molar-refractivity contribution >= 4 is 8.80 Å². The predicted molar refractivity (Wildman–Crippen MR) is 56.7 cm³/mol. The third-order valence-corrected chi connectivity index (χ3v) is 3.88. The lowest BCUT2D eigenvalue weighted by molar-refractivity contribution is 0.184. The number of rotatable bonds is 5. The summed E-state index contributed by atoms with van der Waals surface area (Å²) in [6.45, 7) is 0. The van der Waals surface area contributed by atoms with E-state index in [9.17, 15) is 18.4 Å². The van der Waals surface area contributed by atoms with E-state index in [1.165, 1.54) is 19.2 Å². The van der Waals surface area contributed by atoms with Gasteiger partial charge in [0.1, 0.15) is 11.6 Å². The van der Waals surface area contributed by atoms with Gasteiger partial charge < -0.3 is 14.0 Å². The number of aryl methyl sites for hydroxylation is 1. The van der Waals surface area contributed by atoms with E-state index < -0.39 is 20.4 Å². The first kappa shape index (κ1) is 13.2. The Bertz CT molecular complexity index is 338. The van der Waals surface area contributed by atoms with Gasteiger partial charge in [-0.1, -0.05) is 0 Å². The maximum absolute atomic E-state index is 12.8. The van der Waals surface area contributed by atoms with Crippen LogP contribution in [0.4, 0.5) is 8.78 Å². The summed E-state index contributed by atoms with van der Waals surface area (Å²) in [5.74, 6) is -1.25. The van der Waals surface area contributed by atoms with E-state index in [-0.39, 0.29) is 6.04 Å². The van der Waals surface area contributed by atoms with E-state index in [0.717, 1.165) is 6.07 Å². The molecule has 1 rings (SSSR count). The molecular weight excluding hydrogens is 234 g/mol. The van der Waals surface area contributed by atoms with Gasteiger partial charge >= 0.3 is 8.80 Å². The van der Waals surface area contributed by atoms with Gasteiger partial charge in [0.15, 0.2) is 0 Å². The van der Waals surface area contributed by atoms with Crippen molar-refractivity contribution in [2.24, 2.45) is 0 Å². The van der Waals surface area contributed by atoms with Crippen LogP contribution in [0.1, 0.15) is 12.0 Å². The van der Waals surface area contributed by atoms with E-state index in [1.807, 2.05) is 0 Å². The Hall–Kier alpha value is -0.823. The molecule has 3 nitrogen and oxygen atoms in total. The minimum atomic E-state index is -3.55. The molecule has 1 aromatic carbocycles. The maximum atomic E-state index is 12.8. The molecule has 0 fully saturated rings. The summed E-state index contributed by atoms with van der Waals surface area (Å²) in [4.78, 5) is 18.5. The second-order valence-corrected chi connectivity index (χ2v) is 5.97. The van der Waals surface area contributed by atoms with E-state index in [1.54, 1.807) is 0 Å². The second kappa shape index (κ2) is 5.49. The van der Waals surface area contributed by atoms with Gasteiger partial charge in [-0.25, -0.2) is 8.78 Å². The zero-order valence-corrected chi connectivity index (χ0v) is 9.91. The number of hydrogen-bond acceptors (Lipinski definition) is 3. The smallest absolute Gasteiger partial charge is 0.390 e. The standard InChI is InChI=1S/C10H14F2O3Si/c1-15-16(13,14)4-2-3-8-5-9(11)7-10(12)6-8/h5-7,13-14H,2-4H2,1H3. The Labute approximate surface area is 93.7 Å². The van der Waals surface area contributed by atoms with Crippen LogP contribution in [0.3, 0.4) is 0 Å². The molecule has 0 atom stereocenters. The van der Waals surface area contributed by atoms with Crippen LogP contribution < -0.4 is 0 Å². The van der Waals surface area contributed by atoms with Gasteiger partial charge in [-0.05, 0) is 30.5 Å². The fourth-order valence-corrected chi connectivity index (χ4v) is 2.22. The van der Waals surface area contributed by atoms with E-state index in [0.29, 0.717) is 18.4 Å². The molecule has 0 amide bonds. The van der Waals surface area contributed by atoms with Gasteiger partial charge in [-0.3, -0.25) is 0 Å². The molecule has 90 valence electrons. The fraction of sp³-hybridized carbons (Fsp3) is 0.400. The Balaban J connectivity index is 2.49. The molecule has 0 unspecified atom stereocenters. The first-order valence-electron chi connectivity index (χ1n) is 4.88. The van der Waals surface area contributed by atoms with Crippen molar-refractivity contribution in [3.63, 3.8) is 0 Å². The molecule has 0 spiro atoms. The predicted octanol–water partition coefficient (Wildman–Crippen LogP) is 1.47. The lowest BCUT2D eigenvalue weighted by Crippen LogP contribution is -2.37. The van der Waals surface area contributed by atoms with Crippen molar-refractivity contribution in [2.75, 3.05) is 7.11 Å².